The highest BCUT2D eigenvalue weighted by Crippen LogP contribution is 2.13. The quantitative estimate of drug-likeness (QED) is 0.144. The largest absolute Gasteiger partial charge is 0.379 e. The summed E-state index contributed by atoms with van der Waals surface area (Å²) in [7, 11) is 0. The van der Waals surface area contributed by atoms with Crippen LogP contribution in [0.4, 0.5) is 0 Å². The van der Waals surface area contributed by atoms with E-state index in [1.807, 2.05) is 0 Å². The van der Waals surface area contributed by atoms with Crippen molar-refractivity contribution in [2.45, 2.75) is 51.2 Å². The molecule has 0 radical (unpaired) electrons. The van der Waals surface area contributed by atoms with Crippen molar-refractivity contribution in [2.75, 3.05) is 98.4 Å². The number of hydrogen-bond donors (Lipinski definition) is 0. The molecule has 0 aromatic heterocycles. The average Bonchev–Trinajstić information content (AvgIpc) is 2.82. The van der Waals surface area contributed by atoms with E-state index < -0.39 is 0 Å². The van der Waals surface area contributed by atoms with Crippen molar-refractivity contribution in [3.63, 3.8) is 0 Å². The molecule has 1 fully saturated rings. The predicted molar refractivity (Wildman–Crippen MR) is 124 cm³/mol. The first-order valence-electron chi connectivity index (χ1n) is 12.2. The van der Waals surface area contributed by atoms with Gasteiger partial charge in [0.2, 0.25) is 0 Å². The number of alkyl halides is 1. The normalized spacial score (nSPS) is 16.6. The summed E-state index contributed by atoms with van der Waals surface area (Å²) < 4.78 is 43.9. The topological polar surface area (TPSA) is 73.8 Å². The Bertz CT molecular complexity index is 359. The van der Waals surface area contributed by atoms with Gasteiger partial charge >= 0.3 is 0 Å². The van der Waals surface area contributed by atoms with Gasteiger partial charge in [-0.05, 0) is 32.1 Å². The van der Waals surface area contributed by atoms with Gasteiger partial charge < -0.3 is 37.9 Å². The second-order valence-corrected chi connectivity index (χ2v) is 7.82. The third-order valence-corrected chi connectivity index (χ3v) is 4.97. The van der Waals surface area contributed by atoms with Crippen LogP contribution in [0.25, 0.3) is 0 Å². The Kier molecular flexibility index (Phi) is 24.0. The molecule has 8 nitrogen and oxygen atoms in total. The van der Waals surface area contributed by atoms with Gasteiger partial charge in [0.15, 0.2) is 6.29 Å². The van der Waals surface area contributed by atoms with Crippen molar-refractivity contribution in [1.82, 2.24) is 0 Å². The lowest BCUT2D eigenvalue weighted by Gasteiger charge is -2.22. The molecule has 0 saturated carbocycles. The van der Waals surface area contributed by atoms with E-state index in [1.165, 1.54) is 19.3 Å². The van der Waals surface area contributed by atoms with E-state index >= 15 is 0 Å². The molecule has 1 aliphatic rings. The van der Waals surface area contributed by atoms with Crippen LogP contribution in [0.15, 0.2) is 0 Å². The molecule has 0 amide bonds. The molecule has 1 aliphatic heterocycles. The van der Waals surface area contributed by atoms with Gasteiger partial charge in [0, 0.05) is 19.1 Å². The minimum absolute atomic E-state index is 0.0524. The van der Waals surface area contributed by atoms with Gasteiger partial charge in [-0.1, -0.05) is 12.8 Å². The molecule has 1 unspecified atom stereocenters. The fraction of sp³-hybridized carbons (Fsp3) is 1.00. The zero-order chi connectivity index (χ0) is 22.8. The van der Waals surface area contributed by atoms with E-state index in [0.29, 0.717) is 79.3 Å². The molecule has 0 aliphatic carbocycles. The third kappa shape index (κ3) is 21.8. The minimum atomic E-state index is -0.0524. The standard InChI is InChI=1S/C23H45ClO8/c24-8-4-1-2-5-9-25-11-12-26-13-14-27-15-16-28-17-18-29-19-20-30-21-22-32-23-7-3-6-10-31-23/h23H,1-22H2. The molecule has 9 heteroatoms. The molecular weight excluding hydrogens is 440 g/mol. The summed E-state index contributed by atoms with van der Waals surface area (Å²) in [5.74, 6) is 0.751. The second-order valence-electron chi connectivity index (χ2n) is 7.44. The Morgan fingerprint density at radius 2 is 1.00 bits per heavy atom. The second kappa shape index (κ2) is 25.6. The molecule has 1 rings (SSSR count). The zero-order valence-electron chi connectivity index (χ0n) is 19.8. The number of unbranched alkanes of at least 4 members (excludes halogenated alkanes) is 3. The van der Waals surface area contributed by atoms with Crippen LogP contribution in [0.5, 0.6) is 0 Å². The maximum Gasteiger partial charge on any atom is 0.157 e. The molecule has 1 atom stereocenters. The molecule has 0 N–H and O–H groups in total. The van der Waals surface area contributed by atoms with Crippen LogP contribution in [0.2, 0.25) is 0 Å². The molecule has 0 aromatic carbocycles. The third-order valence-electron chi connectivity index (χ3n) is 4.70. The van der Waals surface area contributed by atoms with Gasteiger partial charge in [-0.3, -0.25) is 0 Å². The predicted octanol–water partition coefficient (Wildman–Crippen LogP) is 3.43. The molecule has 1 saturated heterocycles. The Hall–Kier alpha value is -0.0300. The first-order valence-corrected chi connectivity index (χ1v) is 12.7. The van der Waals surface area contributed by atoms with E-state index in [9.17, 15) is 0 Å². The zero-order valence-corrected chi connectivity index (χ0v) is 20.5. The van der Waals surface area contributed by atoms with E-state index in [4.69, 9.17) is 49.5 Å². The maximum absolute atomic E-state index is 5.64. The number of halogens is 1. The van der Waals surface area contributed by atoms with Gasteiger partial charge in [0.25, 0.3) is 0 Å². The summed E-state index contributed by atoms with van der Waals surface area (Å²) in [6, 6.07) is 0. The highest BCUT2D eigenvalue weighted by Gasteiger charge is 2.13. The van der Waals surface area contributed by atoms with Gasteiger partial charge in [-0.25, -0.2) is 0 Å². The van der Waals surface area contributed by atoms with E-state index in [-0.39, 0.29) is 6.29 Å². The number of rotatable bonds is 25. The lowest BCUT2D eigenvalue weighted by Crippen LogP contribution is -2.24. The lowest BCUT2D eigenvalue weighted by molar-refractivity contribution is -0.169. The van der Waals surface area contributed by atoms with Crippen LogP contribution in [-0.4, -0.2) is 105 Å². The van der Waals surface area contributed by atoms with Crippen molar-refractivity contribution in [3.05, 3.63) is 0 Å². The maximum atomic E-state index is 5.64. The smallest absolute Gasteiger partial charge is 0.157 e. The van der Waals surface area contributed by atoms with Crippen LogP contribution in [0, 0.1) is 0 Å². The van der Waals surface area contributed by atoms with Crippen molar-refractivity contribution in [2.24, 2.45) is 0 Å². The molecule has 32 heavy (non-hydrogen) atoms. The van der Waals surface area contributed by atoms with Crippen LogP contribution in [0.1, 0.15) is 44.9 Å². The van der Waals surface area contributed by atoms with E-state index in [1.54, 1.807) is 0 Å². The van der Waals surface area contributed by atoms with E-state index in [0.717, 1.165) is 44.8 Å². The first-order chi connectivity index (χ1) is 15.9. The SMILES string of the molecule is ClCCCCCCOCCOCCOCCOCCOCCOCCOC1CCCCO1. The highest BCUT2D eigenvalue weighted by molar-refractivity contribution is 6.17. The fourth-order valence-electron chi connectivity index (χ4n) is 2.93. The van der Waals surface area contributed by atoms with Crippen molar-refractivity contribution >= 4 is 11.6 Å². The van der Waals surface area contributed by atoms with Crippen molar-refractivity contribution in [3.8, 4) is 0 Å². The molecular formula is C23H45ClO8. The van der Waals surface area contributed by atoms with Crippen LogP contribution >= 0.6 is 11.6 Å². The summed E-state index contributed by atoms with van der Waals surface area (Å²) in [4.78, 5) is 0. The Labute approximate surface area is 199 Å². The Balaban J connectivity index is 1.62. The average molecular weight is 485 g/mol. The minimum Gasteiger partial charge on any atom is -0.379 e. The Morgan fingerprint density at radius 3 is 1.47 bits per heavy atom. The van der Waals surface area contributed by atoms with E-state index in [2.05, 4.69) is 0 Å². The summed E-state index contributed by atoms with van der Waals surface area (Å²) in [5, 5.41) is 0. The van der Waals surface area contributed by atoms with Crippen LogP contribution in [0.3, 0.4) is 0 Å². The lowest BCUT2D eigenvalue weighted by atomic mass is 10.2. The molecule has 192 valence electrons. The van der Waals surface area contributed by atoms with Gasteiger partial charge in [-0.2, -0.15) is 0 Å². The van der Waals surface area contributed by atoms with Crippen LogP contribution < -0.4 is 0 Å². The summed E-state index contributed by atoms with van der Waals surface area (Å²) in [6.45, 7) is 8.37. The molecule has 0 spiro atoms. The molecule has 1 heterocycles. The number of hydrogen-bond acceptors (Lipinski definition) is 8. The summed E-state index contributed by atoms with van der Waals surface area (Å²) >= 11 is 5.64. The van der Waals surface area contributed by atoms with Crippen LogP contribution in [-0.2, 0) is 37.9 Å². The first kappa shape index (κ1) is 30.0. The van der Waals surface area contributed by atoms with Crippen molar-refractivity contribution in [1.29, 1.82) is 0 Å². The van der Waals surface area contributed by atoms with Crippen molar-refractivity contribution < 1.29 is 37.9 Å². The highest BCUT2D eigenvalue weighted by atomic mass is 35.5. The molecule has 0 aromatic rings. The van der Waals surface area contributed by atoms with Gasteiger partial charge in [0.05, 0.1) is 79.3 Å². The summed E-state index contributed by atoms with van der Waals surface area (Å²) in [5.41, 5.74) is 0. The Morgan fingerprint density at radius 1 is 0.531 bits per heavy atom. The molecule has 0 bridgehead atoms. The van der Waals surface area contributed by atoms with Gasteiger partial charge in [0.1, 0.15) is 0 Å². The fourth-order valence-corrected chi connectivity index (χ4v) is 3.12. The number of ether oxygens (including phenoxy) is 8. The monoisotopic (exact) mass is 484 g/mol. The van der Waals surface area contributed by atoms with Gasteiger partial charge in [-0.15, -0.1) is 11.6 Å². The summed E-state index contributed by atoms with van der Waals surface area (Å²) in [6.07, 6.45) is 7.77.